The molecule has 4 rings (SSSR count). The van der Waals surface area contributed by atoms with Gasteiger partial charge in [0.2, 0.25) is 0 Å². The van der Waals surface area contributed by atoms with E-state index in [4.69, 9.17) is 20.8 Å². The van der Waals surface area contributed by atoms with Crippen molar-refractivity contribution in [2.24, 2.45) is 0 Å². The fraction of sp³-hybridized carbons (Fsp3) is 0.200. The molecule has 0 fully saturated rings. The van der Waals surface area contributed by atoms with Crippen LogP contribution in [-0.4, -0.2) is 10.9 Å². The fourth-order valence-electron chi connectivity index (χ4n) is 3.42. The maximum Gasteiger partial charge on any atom is 0.338 e. The van der Waals surface area contributed by atoms with Gasteiger partial charge in [-0.15, -0.1) is 0 Å². The lowest BCUT2D eigenvalue weighted by Crippen LogP contribution is -2.08. The predicted molar refractivity (Wildman–Crippen MR) is 102 cm³/mol. The first-order chi connectivity index (χ1) is 13.4. The quantitative estimate of drug-likeness (QED) is 0.282. The van der Waals surface area contributed by atoms with Crippen LogP contribution in [0.3, 0.4) is 0 Å². The molecule has 0 unspecified atom stereocenters. The lowest BCUT2D eigenvalue weighted by atomic mass is 10.0. The van der Waals surface area contributed by atoms with E-state index in [1.165, 1.54) is 29.3 Å². The van der Waals surface area contributed by atoms with Gasteiger partial charge in [0.05, 0.1) is 10.5 Å². The van der Waals surface area contributed by atoms with Crippen LogP contribution in [0.15, 0.2) is 45.6 Å². The molecule has 142 valence electrons. The third-order valence-electron chi connectivity index (χ3n) is 4.78. The van der Waals surface area contributed by atoms with Gasteiger partial charge >= 0.3 is 11.6 Å². The highest BCUT2D eigenvalue weighted by Gasteiger charge is 2.19. The number of esters is 1. The summed E-state index contributed by atoms with van der Waals surface area (Å²) in [7, 11) is 0. The lowest BCUT2D eigenvalue weighted by molar-refractivity contribution is -0.384. The first-order valence-corrected chi connectivity index (χ1v) is 9.00. The van der Waals surface area contributed by atoms with Crippen LogP contribution in [-0.2, 0) is 24.2 Å². The topological polar surface area (TPSA) is 99.7 Å². The second-order valence-electron chi connectivity index (χ2n) is 6.56. The Morgan fingerprint density at radius 3 is 2.68 bits per heavy atom. The summed E-state index contributed by atoms with van der Waals surface area (Å²) in [5.41, 5.74) is 2.44. The molecule has 0 N–H and O–H groups in total. The first kappa shape index (κ1) is 18.2. The zero-order valence-corrected chi connectivity index (χ0v) is 15.3. The van der Waals surface area contributed by atoms with Crippen molar-refractivity contribution in [3.63, 3.8) is 0 Å². The molecule has 0 spiro atoms. The van der Waals surface area contributed by atoms with Gasteiger partial charge in [-0.3, -0.25) is 10.1 Å². The zero-order valence-electron chi connectivity index (χ0n) is 14.6. The Hall–Kier alpha value is -3.19. The molecule has 7 nitrogen and oxygen atoms in total. The Bertz CT molecular complexity index is 1180. The summed E-state index contributed by atoms with van der Waals surface area (Å²) in [5, 5.41) is 11.6. The number of benzene rings is 2. The van der Waals surface area contributed by atoms with Crippen molar-refractivity contribution in [3.05, 3.63) is 84.2 Å². The first-order valence-electron chi connectivity index (χ1n) is 8.62. The van der Waals surface area contributed by atoms with E-state index in [1.807, 2.05) is 12.1 Å². The van der Waals surface area contributed by atoms with E-state index < -0.39 is 16.5 Å². The largest absolute Gasteiger partial charge is 0.457 e. The van der Waals surface area contributed by atoms with Crippen molar-refractivity contribution < 1.29 is 18.9 Å². The summed E-state index contributed by atoms with van der Waals surface area (Å²) < 4.78 is 10.6. The lowest BCUT2D eigenvalue weighted by Gasteiger charge is -2.09. The monoisotopic (exact) mass is 399 g/mol. The van der Waals surface area contributed by atoms with Gasteiger partial charge in [0.25, 0.3) is 5.69 Å². The fourth-order valence-corrected chi connectivity index (χ4v) is 3.61. The van der Waals surface area contributed by atoms with Gasteiger partial charge in [0.15, 0.2) is 0 Å². The zero-order chi connectivity index (χ0) is 19.8. The molecule has 1 aromatic heterocycles. The standard InChI is InChI=1S/C20H14ClNO6/c21-16-5-4-13(7-17(16)22(25)26)20(24)27-10-14-9-19(23)28-18-8-12-3-1-2-11(12)6-15(14)18/h4-9H,1-3,10H2. The van der Waals surface area contributed by atoms with Gasteiger partial charge in [-0.05, 0) is 54.7 Å². The summed E-state index contributed by atoms with van der Waals surface area (Å²) in [6, 6.07) is 8.81. The van der Waals surface area contributed by atoms with Crippen molar-refractivity contribution >= 4 is 34.2 Å². The number of nitrogens with zero attached hydrogens (tertiary/aromatic N) is 1. The van der Waals surface area contributed by atoms with E-state index in [9.17, 15) is 19.7 Å². The van der Waals surface area contributed by atoms with E-state index in [1.54, 1.807) is 0 Å². The highest BCUT2D eigenvalue weighted by Crippen LogP contribution is 2.29. The smallest absolute Gasteiger partial charge is 0.338 e. The Kier molecular flexibility index (Phi) is 4.60. The number of rotatable bonds is 4. The van der Waals surface area contributed by atoms with E-state index in [0.29, 0.717) is 11.1 Å². The number of carbonyl (C=O) groups excluding carboxylic acids is 1. The Balaban J connectivity index is 1.62. The number of fused-ring (bicyclic) bond motifs is 2. The molecular formula is C20H14ClNO6. The van der Waals surface area contributed by atoms with Crippen LogP contribution in [0.4, 0.5) is 5.69 Å². The summed E-state index contributed by atoms with van der Waals surface area (Å²) in [6.45, 7) is -0.157. The van der Waals surface area contributed by atoms with Crippen LogP contribution in [0, 0.1) is 10.1 Å². The van der Waals surface area contributed by atoms with Gasteiger partial charge in [-0.2, -0.15) is 0 Å². The van der Waals surface area contributed by atoms with Gasteiger partial charge in [-0.25, -0.2) is 9.59 Å². The van der Waals surface area contributed by atoms with Crippen molar-refractivity contribution in [2.75, 3.05) is 0 Å². The number of aryl methyl sites for hydroxylation is 2. The SMILES string of the molecule is O=C(OCc1cc(=O)oc2cc3c(cc12)CCC3)c1ccc(Cl)c([N+](=O)[O-])c1. The van der Waals surface area contributed by atoms with Crippen LogP contribution >= 0.6 is 11.6 Å². The normalized spacial score (nSPS) is 12.8. The minimum Gasteiger partial charge on any atom is -0.457 e. The number of nitro benzene ring substituents is 1. The van der Waals surface area contributed by atoms with Crippen LogP contribution in [0.1, 0.15) is 33.5 Å². The molecule has 1 aliphatic carbocycles. The van der Waals surface area contributed by atoms with E-state index >= 15 is 0 Å². The number of halogens is 1. The second-order valence-corrected chi connectivity index (χ2v) is 6.97. The molecule has 0 amide bonds. The molecule has 0 aliphatic heterocycles. The molecule has 3 aromatic rings. The second kappa shape index (κ2) is 7.09. The molecule has 0 saturated heterocycles. The van der Waals surface area contributed by atoms with Crippen molar-refractivity contribution in [1.29, 1.82) is 0 Å². The minimum absolute atomic E-state index is 0.00395. The molecule has 28 heavy (non-hydrogen) atoms. The summed E-state index contributed by atoms with van der Waals surface area (Å²) in [4.78, 5) is 34.5. The summed E-state index contributed by atoms with van der Waals surface area (Å²) in [6.07, 6.45) is 2.96. The van der Waals surface area contributed by atoms with Crippen LogP contribution in [0.25, 0.3) is 11.0 Å². The molecule has 0 atom stereocenters. The highest BCUT2D eigenvalue weighted by atomic mass is 35.5. The average Bonchev–Trinajstić information content (AvgIpc) is 3.11. The third-order valence-corrected chi connectivity index (χ3v) is 5.10. The summed E-state index contributed by atoms with van der Waals surface area (Å²) in [5.74, 6) is -0.748. The van der Waals surface area contributed by atoms with Gasteiger partial charge in [0.1, 0.15) is 17.2 Å². The Labute approximate surface area is 163 Å². The van der Waals surface area contributed by atoms with Crippen molar-refractivity contribution in [1.82, 2.24) is 0 Å². The van der Waals surface area contributed by atoms with Crippen LogP contribution in [0.2, 0.25) is 5.02 Å². The van der Waals surface area contributed by atoms with Gasteiger partial charge < -0.3 is 9.15 Å². The molecule has 0 radical (unpaired) electrons. The van der Waals surface area contributed by atoms with E-state index in [-0.39, 0.29) is 22.9 Å². The average molecular weight is 400 g/mol. The molecule has 2 aromatic carbocycles. The van der Waals surface area contributed by atoms with Crippen LogP contribution in [0.5, 0.6) is 0 Å². The van der Waals surface area contributed by atoms with E-state index in [0.717, 1.165) is 30.7 Å². The molecule has 0 saturated carbocycles. The van der Waals surface area contributed by atoms with E-state index in [2.05, 4.69) is 0 Å². The number of carbonyl (C=O) groups is 1. The minimum atomic E-state index is -0.748. The van der Waals surface area contributed by atoms with Crippen molar-refractivity contribution in [3.8, 4) is 0 Å². The molecular weight excluding hydrogens is 386 g/mol. The van der Waals surface area contributed by atoms with Crippen molar-refractivity contribution in [2.45, 2.75) is 25.9 Å². The number of nitro groups is 1. The van der Waals surface area contributed by atoms with Gasteiger partial charge in [-0.1, -0.05) is 11.6 Å². The summed E-state index contributed by atoms with van der Waals surface area (Å²) >= 11 is 5.76. The van der Waals surface area contributed by atoms with Crippen LogP contribution < -0.4 is 5.63 Å². The van der Waals surface area contributed by atoms with Gasteiger partial charge in [0, 0.05) is 23.1 Å². The maximum absolute atomic E-state index is 12.3. The Morgan fingerprint density at radius 2 is 1.93 bits per heavy atom. The number of ether oxygens (including phenoxy) is 1. The molecule has 1 aliphatic rings. The Morgan fingerprint density at radius 1 is 1.18 bits per heavy atom. The number of hydrogen-bond acceptors (Lipinski definition) is 6. The molecule has 1 heterocycles. The molecule has 8 heteroatoms. The predicted octanol–water partition coefficient (Wildman–Crippen LogP) is 4.20. The molecule has 0 bridgehead atoms. The maximum atomic E-state index is 12.3. The third kappa shape index (κ3) is 3.36. The number of hydrogen-bond donors (Lipinski definition) is 0. The highest BCUT2D eigenvalue weighted by molar-refractivity contribution is 6.32.